The fourth-order valence-corrected chi connectivity index (χ4v) is 6.48. The SMILES string of the molecule is Cc1c(-c2ccc(-c3cnc([C@@H](NC(C(=O)OC(N)=O)C(C)C)C(C)C)[nH]3)cc2)ccc(-c2cnc([C@@H](NC(C(=O)OC(N)=O)C(C)C)C(C)C)[nH]2)c1C. The number of ether oxygens (including phenoxy) is 2. The van der Waals surface area contributed by atoms with Gasteiger partial charge in [-0.25, -0.2) is 29.1 Å². The van der Waals surface area contributed by atoms with Crippen molar-refractivity contribution in [3.05, 3.63) is 71.6 Å². The number of aromatic amines is 2. The third kappa shape index (κ3) is 9.79. The number of amides is 2. The summed E-state index contributed by atoms with van der Waals surface area (Å²) in [6, 6.07) is 10.2. The number of nitrogens with one attached hydrogen (secondary N) is 4. The molecule has 0 saturated carbocycles. The lowest BCUT2D eigenvalue weighted by Gasteiger charge is -2.27. The number of hydrogen-bond donors (Lipinski definition) is 6. The fourth-order valence-electron chi connectivity index (χ4n) is 6.48. The first-order valence-corrected chi connectivity index (χ1v) is 18.2. The number of primary amides is 2. The summed E-state index contributed by atoms with van der Waals surface area (Å²) in [5.41, 5.74) is 18.2. The Morgan fingerprint density at radius 3 is 1.39 bits per heavy atom. The van der Waals surface area contributed by atoms with Crippen LogP contribution in [0.1, 0.15) is 90.2 Å². The maximum absolute atomic E-state index is 12.6. The van der Waals surface area contributed by atoms with Gasteiger partial charge >= 0.3 is 24.1 Å². The average Bonchev–Trinajstić information content (AvgIpc) is 3.76. The molecule has 0 fully saturated rings. The number of esters is 2. The van der Waals surface area contributed by atoms with E-state index in [4.69, 9.17) is 16.2 Å². The molecule has 2 aromatic heterocycles. The van der Waals surface area contributed by atoms with Crippen LogP contribution >= 0.6 is 0 Å². The van der Waals surface area contributed by atoms with Crippen LogP contribution < -0.4 is 22.1 Å². The molecule has 2 heterocycles. The highest BCUT2D eigenvalue weighted by atomic mass is 16.6. The van der Waals surface area contributed by atoms with Gasteiger partial charge in [0.15, 0.2) is 0 Å². The second-order valence-electron chi connectivity index (χ2n) is 15.1. The van der Waals surface area contributed by atoms with Crippen molar-refractivity contribution in [3.8, 4) is 33.6 Å². The minimum atomic E-state index is -1.14. The summed E-state index contributed by atoms with van der Waals surface area (Å²) in [5.74, 6) is -0.342. The number of rotatable bonds is 15. The van der Waals surface area contributed by atoms with Crippen LogP contribution in [0.2, 0.25) is 0 Å². The minimum Gasteiger partial charge on any atom is -0.375 e. The van der Waals surface area contributed by atoms with Gasteiger partial charge in [0.2, 0.25) is 0 Å². The molecule has 4 atom stereocenters. The van der Waals surface area contributed by atoms with Crippen LogP contribution in [0.5, 0.6) is 0 Å². The van der Waals surface area contributed by atoms with Gasteiger partial charge in [-0.05, 0) is 65.3 Å². The highest BCUT2D eigenvalue weighted by molar-refractivity contribution is 5.88. The number of carbonyl (C=O) groups excluding carboxylic acids is 4. The van der Waals surface area contributed by atoms with Crippen LogP contribution in [0.4, 0.5) is 9.59 Å². The molecule has 14 heteroatoms. The zero-order valence-corrected chi connectivity index (χ0v) is 32.7. The summed E-state index contributed by atoms with van der Waals surface area (Å²) < 4.78 is 9.38. The van der Waals surface area contributed by atoms with Crippen molar-refractivity contribution in [3.63, 3.8) is 0 Å². The van der Waals surface area contributed by atoms with E-state index in [-0.39, 0.29) is 35.8 Å². The van der Waals surface area contributed by atoms with Gasteiger partial charge in [-0.1, -0.05) is 91.8 Å². The van der Waals surface area contributed by atoms with Gasteiger partial charge in [0, 0.05) is 5.56 Å². The molecular formula is C40H54N8O6. The number of nitrogens with two attached hydrogens (primary N) is 2. The summed E-state index contributed by atoms with van der Waals surface area (Å²) >= 11 is 0. The van der Waals surface area contributed by atoms with Crippen molar-refractivity contribution in [1.82, 2.24) is 30.6 Å². The van der Waals surface area contributed by atoms with Gasteiger partial charge in [0.25, 0.3) is 0 Å². The van der Waals surface area contributed by atoms with Crippen LogP contribution in [0.3, 0.4) is 0 Å². The van der Waals surface area contributed by atoms with Gasteiger partial charge in [-0.15, -0.1) is 0 Å². The Hall–Kier alpha value is -5.34. The smallest absolute Gasteiger partial charge is 0.375 e. The number of benzene rings is 2. The molecule has 2 unspecified atom stereocenters. The predicted octanol–water partition coefficient (Wildman–Crippen LogP) is 6.62. The van der Waals surface area contributed by atoms with Crippen LogP contribution in [-0.4, -0.2) is 56.1 Å². The third-order valence-electron chi connectivity index (χ3n) is 9.66. The van der Waals surface area contributed by atoms with Crippen molar-refractivity contribution in [2.24, 2.45) is 35.1 Å². The molecule has 0 radical (unpaired) electrons. The maximum Gasteiger partial charge on any atom is 0.412 e. The Balaban J connectivity index is 1.54. The number of carbonyl (C=O) groups is 4. The zero-order valence-electron chi connectivity index (χ0n) is 32.7. The van der Waals surface area contributed by atoms with Gasteiger partial charge in [0.1, 0.15) is 23.7 Å². The fraction of sp³-hybridized carbons (Fsp3) is 0.450. The predicted molar refractivity (Wildman–Crippen MR) is 207 cm³/mol. The van der Waals surface area contributed by atoms with E-state index in [2.05, 4.69) is 73.4 Å². The standard InChI is InChI=1S/C40H54N8O6/c1-19(2)31(47-33(21(5)6)37(49)53-39(41)51)35-43-17-29(45-35)26-13-11-25(12-14-26)27-15-16-28(24(10)23(27)9)30-18-44-36(46-30)32(20(3)4)48-34(22(7)8)38(50)54-40(42)52/h11-22,31-34,47-48H,1-10H3,(H2,41,51)(H2,42,52)(H,43,45)(H,44,46)/t31-,32-,33?,34?/m0/s1. The molecule has 8 N–H and O–H groups in total. The van der Waals surface area contributed by atoms with Crippen molar-refractivity contribution in [1.29, 1.82) is 0 Å². The molecule has 2 aromatic carbocycles. The Labute approximate surface area is 316 Å². The van der Waals surface area contributed by atoms with E-state index >= 15 is 0 Å². The monoisotopic (exact) mass is 742 g/mol. The summed E-state index contributed by atoms with van der Waals surface area (Å²) in [6.07, 6.45) is 1.29. The largest absolute Gasteiger partial charge is 0.412 e. The molecule has 2 amide bonds. The van der Waals surface area contributed by atoms with E-state index < -0.39 is 36.2 Å². The summed E-state index contributed by atoms with van der Waals surface area (Å²) in [4.78, 5) is 63.9. The summed E-state index contributed by atoms with van der Waals surface area (Å²) in [5, 5.41) is 6.64. The molecule has 290 valence electrons. The van der Waals surface area contributed by atoms with Crippen molar-refractivity contribution in [2.75, 3.05) is 0 Å². The van der Waals surface area contributed by atoms with Gasteiger partial charge in [0.05, 0.1) is 35.9 Å². The molecule has 54 heavy (non-hydrogen) atoms. The maximum atomic E-state index is 12.6. The van der Waals surface area contributed by atoms with Gasteiger partial charge in [-0.2, -0.15) is 0 Å². The first-order chi connectivity index (χ1) is 25.4. The first kappa shape index (κ1) is 41.4. The van der Waals surface area contributed by atoms with Gasteiger partial charge < -0.3 is 30.9 Å². The zero-order chi connectivity index (χ0) is 40.0. The summed E-state index contributed by atoms with van der Waals surface area (Å²) in [6.45, 7) is 19.7. The third-order valence-corrected chi connectivity index (χ3v) is 9.66. The number of H-pyrrole nitrogens is 2. The minimum absolute atomic E-state index is 0.0546. The van der Waals surface area contributed by atoms with E-state index in [1.54, 1.807) is 12.4 Å². The number of aromatic nitrogens is 4. The highest BCUT2D eigenvalue weighted by Gasteiger charge is 2.32. The topological polar surface area (TPSA) is 220 Å². The van der Waals surface area contributed by atoms with E-state index in [1.165, 1.54) is 0 Å². The van der Waals surface area contributed by atoms with Crippen LogP contribution in [0.15, 0.2) is 48.8 Å². The van der Waals surface area contributed by atoms with E-state index in [0.29, 0.717) is 11.6 Å². The average molecular weight is 743 g/mol. The molecule has 0 aliphatic carbocycles. The molecule has 0 spiro atoms. The molecule has 0 aliphatic rings. The first-order valence-electron chi connectivity index (χ1n) is 18.2. The normalized spacial score (nSPS) is 14.0. The Kier molecular flexibility index (Phi) is 13.5. The van der Waals surface area contributed by atoms with Crippen molar-refractivity contribution >= 4 is 24.1 Å². The van der Waals surface area contributed by atoms with Crippen LogP contribution in [-0.2, 0) is 19.1 Å². The molecule has 14 nitrogen and oxygen atoms in total. The second-order valence-corrected chi connectivity index (χ2v) is 15.1. The lowest BCUT2D eigenvalue weighted by Crippen LogP contribution is -2.46. The molecule has 4 aromatic rings. The van der Waals surface area contributed by atoms with E-state index in [1.807, 2.05) is 67.5 Å². The van der Waals surface area contributed by atoms with Crippen LogP contribution in [0.25, 0.3) is 33.6 Å². The van der Waals surface area contributed by atoms with Gasteiger partial charge in [-0.3, -0.25) is 10.6 Å². The molecule has 0 bridgehead atoms. The quantitative estimate of drug-likeness (QED) is 0.0565. The number of imidazole rings is 2. The lowest BCUT2D eigenvalue weighted by atomic mass is 9.92. The second kappa shape index (κ2) is 17.7. The molecule has 0 aliphatic heterocycles. The van der Waals surface area contributed by atoms with E-state index in [0.717, 1.165) is 44.8 Å². The van der Waals surface area contributed by atoms with Crippen molar-refractivity contribution < 1.29 is 28.7 Å². The Morgan fingerprint density at radius 2 is 0.963 bits per heavy atom. The molecular weight excluding hydrogens is 688 g/mol. The molecule has 4 rings (SSSR count). The Bertz CT molecular complexity index is 1950. The van der Waals surface area contributed by atoms with Crippen molar-refractivity contribution in [2.45, 2.75) is 93.4 Å². The lowest BCUT2D eigenvalue weighted by molar-refractivity contribution is -0.142. The Morgan fingerprint density at radius 1 is 0.574 bits per heavy atom. The van der Waals surface area contributed by atoms with Crippen LogP contribution in [0, 0.1) is 37.5 Å². The number of nitrogens with zero attached hydrogens (tertiary/aromatic N) is 2. The highest BCUT2D eigenvalue weighted by Crippen LogP contribution is 2.34. The van der Waals surface area contributed by atoms with E-state index in [9.17, 15) is 19.2 Å². The number of hydrogen-bond acceptors (Lipinski definition) is 10. The summed E-state index contributed by atoms with van der Waals surface area (Å²) in [7, 11) is 0. The molecule has 0 saturated heterocycles.